The topological polar surface area (TPSA) is 159 Å². The van der Waals surface area contributed by atoms with Crippen LogP contribution in [0.5, 0.6) is 0 Å². The Morgan fingerprint density at radius 2 is 1.43 bits per heavy atom. The second-order valence-electron chi connectivity index (χ2n) is 22.7. The van der Waals surface area contributed by atoms with Crippen LogP contribution in [0.15, 0.2) is 11.6 Å². The van der Waals surface area contributed by atoms with Crippen molar-refractivity contribution in [1.29, 1.82) is 5.41 Å². The second kappa shape index (κ2) is 19.4. The molecule has 0 spiro atoms. The zero-order valence-corrected chi connectivity index (χ0v) is 39.9. The number of carbonyl (C=O) groups is 4. The molecule has 9 atom stereocenters. The number of rotatable bonds is 12. The molecular formula is C48H83N5O7. The van der Waals surface area contributed by atoms with Crippen LogP contribution in [0, 0.1) is 51.7 Å². The Bertz CT molecular complexity index is 1570. The molecule has 342 valence electrons. The van der Waals surface area contributed by atoms with E-state index in [-0.39, 0.29) is 36.8 Å². The molecule has 4 N–H and O–H groups in total. The van der Waals surface area contributed by atoms with Crippen molar-refractivity contribution in [3.8, 4) is 0 Å². The summed E-state index contributed by atoms with van der Waals surface area (Å²) in [4.78, 5) is 54.0. The first kappa shape index (κ1) is 49.3. The van der Waals surface area contributed by atoms with Crippen LogP contribution < -0.4 is 16.0 Å². The highest BCUT2D eigenvalue weighted by Crippen LogP contribution is 2.67. The Balaban J connectivity index is 1.44. The second-order valence-corrected chi connectivity index (χ2v) is 22.7. The molecule has 4 aliphatic rings. The molecule has 0 bridgehead atoms. The zero-order chi connectivity index (χ0) is 45.0. The van der Waals surface area contributed by atoms with Crippen LogP contribution in [0.4, 0.5) is 14.4 Å². The largest absolute Gasteiger partial charge is 0.444 e. The number of nitrogens with one attached hydrogen (secondary N) is 4. The Morgan fingerprint density at radius 3 is 2.05 bits per heavy atom. The van der Waals surface area contributed by atoms with Crippen molar-refractivity contribution in [2.45, 2.75) is 209 Å². The Morgan fingerprint density at radius 1 is 0.800 bits per heavy atom. The normalized spacial score (nSPS) is 28.8. The molecule has 0 aliphatic heterocycles. The molecule has 2 unspecified atom stereocenters. The van der Waals surface area contributed by atoms with Crippen LogP contribution in [0.1, 0.15) is 180 Å². The maximum Gasteiger partial charge on any atom is 0.417 e. The summed E-state index contributed by atoms with van der Waals surface area (Å²) in [6, 6.07) is -1.04. The van der Waals surface area contributed by atoms with Crippen LogP contribution >= 0.6 is 0 Å². The van der Waals surface area contributed by atoms with Gasteiger partial charge in [-0.2, -0.15) is 0 Å². The third-order valence-electron chi connectivity index (χ3n) is 14.0. The Hall–Kier alpha value is -3.31. The number of hydrogen-bond acceptors (Lipinski definition) is 8. The van der Waals surface area contributed by atoms with Gasteiger partial charge in [-0.1, -0.05) is 65.5 Å². The lowest BCUT2D eigenvalue weighted by Gasteiger charge is -2.58. The molecule has 0 heterocycles. The van der Waals surface area contributed by atoms with E-state index in [1.807, 2.05) is 0 Å². The summed E-state index contributed by atoms with van der Waals surface area (Å²) in [5.74, 6) is 3.71. The summed E-state index contributed by atoms with van der Waals surface area (Å²) >= 11 is 0. The number of guanidine groups is 1. The van der Waals surface area contributed by atoms with Gasteiger partial charge in [-0.15, -0.1) is 0 Å². The van der Waals surface area contributed by atoms with E-state index in [2.05, 4.69) is 56.6 Å². The number of allylic oxidation sites excluding steroid dienone is 1. The molecule has 0 saturated heterocycles. The molecule has 3 fully saturated rings. The van der Waals surface area contributed by atoms with Gasteiger partial charge < -0.3 is 24.8 Å². The highest BCUT2D eigenvalue weighted by atomic mass is 16.6. The van der Waals surface area contributed by atoms with Crippen molar-refractivity contribution in [3.63, 3.8) is 0 Å². The van der Waals surface area contributed by atoms with Gasteiger partial charge in [0.05, 0.1) is 0 Å². The number of hydrogen-bond donors (Lipinski definition) is 4. The first-order valence-corrected chi connectivity index (χ1v) is 23.2. The van der Waals surface area contributed by atoms with Crippen molar-refractivity contribution in [2.75, 3.05) is 6.54 Å². The standard InChI is InChI=1S/C48H83N5O7/c1-30(2)17-15-18-31(3)35-22-23-36-34-21-20-32-29-33(24-26-47(32,13)37(34)25-27-48(35,36)14)50-39(54)38(51-41(55)58-44(4,5)6)19-16-28-53(43(57)60-46(10,11)12)40(49)52-42(56)59-45(7,8)9/h20,30-31,33-38H,15-19,21-29H2,1-14H3,(H,50,54)(H,51,55)(H2,49,52,56)/t31-,33?,34+,35-,36+,37+,38?,47+,48-/m1/s1. The fourth-order valence-electron chi connectivity index (χ4n) is 11.4. The summed E-state index contributed by atoms with van der Waals surface area (Å²) in [6.45, 7) is 27.8. The fraction of sp³-hybridized carbons (Fsp3) is 0.854. The molecule has 12 nitrogen and oxygen atoms in total. The average molecular weight is 842 g/mol. The molecule has 3 saturated carbocycles. The molecule has 0 aromatic carbocycles. The average Bonchev–Trinajstić information content (AvgIpc) is 3.44. The molecule has 4 rings (SSSR count). The van der Waals surface area contributed by atoms with Crippen LogP contribution in [0.25, 0.3) is 0 Å². The van der Waals surface area contributed by atoms with E-state index < -0.39 is 47.1 Å². The van der Waals surface area contributed by atoms with E-state index >= 15 is 0 Å². The van der Waals surface area contributed by atoms with Gasteiger partial charge in [0.1, 0.15) is 22.8 Å². The van der Waals surface area contributed by atoms with E-state index in [1.165, 1.54) is 50.5 Å². The van der Waals surface area contributed by atoms with E-state index in [1.54, 1.807) is 62.3 Å². The number of fused-ring (bicyclic) bond motifs is 5. The molecule has 0 aromatic rings. The maximum atomic E-state index is 14.1. The van der Waals surface area contributed by atoms with E-state index in [9.17, 15) is 19.2 Å². The van der Waals surface area contributed by atoms with Crippen LogP contribution in [-0.2, 0) is 19.0 Å². The van der Waals surface area contributed by atoms with Crippen molar-refractivity contribution in [2.24, 2.45) is 46.3 Å². The van der Waals surface area contributed by atoms with E-state index in [4.69, 9.17) is 19.6 Å². The number of nitrogens with zero attached hydrogens (tertiary/aromatic N) is 1. The lowest BCUT2D eigenvalue weighted by molar-refractivity contribution is -0.124. The van der Waals surface area contributed by atoms with Crippen molar-refractivity contribution < 1.29 is 33.4 Å². The highest BCUT2D eigenvalue weighted by molar-refractivity contribution is 5.99. The minimum atomic E-state index is -0.967. The van der Waals surface area contributed by atoms with Gasteiger partial charge in [0.15, 0.2) is 0 Å². The molecular weight excluding hydrogens is 759 g/mol. The van der Waals surface area contributed by atoms with Gasteiger partial charge in [0.25, 0.3) is 0 Å². The number of ether oxygens (including phenoxy) is 3. The van der Waals surface area contributed by atoms with Gasteiger partial charge in [0.2, 0.25) is 11.9 Å². The van der Waals surface area contributed by atoms with Gasteiger partial charge in [-0.25, -0.2) is 19.3 Å². The van der Waals surface area contributed by atoms with Gasteiger partial charge in [-0.05, 0) is 173 Å². The minimum absolute atomic E-state index is 0.0711. The number of amides is 4. The summed E-state index contributed by atoms with van der Waals surface area (Å²) < 4.78 is 16.4. The van der Waals surface area contributed by atoms with Crippen LogP contribution in [-0.4, -0.2) is 70.5 Å². The Labute approximate surface area is 362 Å². The third kappa shape index (κ3) is 13.1. The predicted molar refractivity (Wildman–Crippen MR) is 237 cm³/mol. The molecule has 12 heteroatoms. The zero-order valence-electron chi connectivity index (χ0n) is 39.9. The fourth-order valence-corrected chi connectivity index (χ4v) is 11.4. The number of carbonyl (C=O) groups excluding carboxylic acids is 4. The first-order valence-electron chi connectivity index (χ1n) is 23.2. The van der Waals surface area contributed by atoms with Gasteiger partial charge in [0, 0.05) is 12.6 Å². The van der Waals surface area contributed by atoms with Crippen molar-refractivity contribution in [1.82, 2.24) is 20.9 Å². The van der Waals surface area contributed by atoms with E-state index in [0.29, 0.717) is 11.3 Å². The predicted octanol–water partition coefficient (Wildman–Crippen LogP) is 10.9. The van der Waals surface area contributed by atoms with Crippen LogP contribution in [0.2, 0.25) is 0 Å². The Kier molecular flexibility index (Phi) is 15.9. The third-order valence-corrected chi connectivity index (χ3v) is 14.0. The summed E-state index contributed by atoms with van der Waals surface area (Å²) in [7, 11) is 0. The van der Waals surface area contributed by atoms with Gasteiger partial charge >= 0.3 is 18.3 Å². The minimum Gasteiger partial charge on any atom is -0.444 e. The maximum absolute atomic E-state index is 14.1. The summed E-state index contributed by atoms with van der Waals surface area (Å²) in [5.41, 5.74) is -0.424. The van der Waals surface area contributed by atoms with Gasteiger partial charge in [-0.3, -0.25) is 15.5 Å². The van der Waals surface area contributed by atoms with Crippen LogP contribution in [0.3, 0.4) is 0 Å². The monoisotopic (exact) mass is 842 g/mol. The van der Waals surface area contributed by atoms with Crippen molar-refractivity contribution >= 4 is 30.1 Å². The first-order chi connectivity index (χ1) is 27.6. The highest BCUT2D eigenvalue weighted by Gasteiger charge is 2.59. The summed E-state index contributed by atoms with van der Waals surface area (Å²) in [6.07, 6.45) is 13.6. The molecule has 4 aliphatic carbocycles. The smallest absolute Gasteiger partial charge is 0.417 e. The lowest BCUT2D eigenvalue weighted by atomic mass is 9.47. The lowest BCUT2D eigenvalue weighted by Crippen LogP contribution is -2.54. The molecule has 0 aromatic heterocycles. The quantitative estimate of drug-likeness (QED) is 0.0659. The van der Waals surface area contributed by atoms with E-state index in [0.717, 1.165) is 60.2 Å². The molecule has 4 amide bonds. The molecule has 0 radical (unpaired) electrons. The summed E-state index contributed by atoms with van der Waals surface area (Å²) in [5, 5.41) is 16.9. The van der Waals surface area contributed by atoms with Crippen molar-refractivity contribution in [3.05, 3.63) is 11.6 Å². The molecule has 60 heavy (non-hydrogen) atoms. The SMILES string of the molecule is CC(C)CCC[C@@H](C)[C@H]1CC[C@H]2[C@@H]3CC=C4CC(NC(=O)C(CCCN(C(=N)NC(=O)OC(C)(C)C)C(=O)OC(C)(C)C)NC(=O)OC(C)(C)C)CC[C@]4(C)[C@H]3CC[C@]12C. The number of alkyl carbamates (subject to hydrolysis) is 2.